The summed E-state index contributed by atoms with van der Waals surface area (Å²) >= 11 is 1.96. The van der Waals surface area contributed by atoms with Crippen LogP contribution in [0.3, 0.4) is 0 Å². The molecule has 1 heterocycles. The minimum absolute atomic E-state index is 0.105. The van der Waals surface area contributed by atoms with Gasteiger partial charge >= 0.3 is 0 Å². The number of rotatable bonds is 3. The molecule has 0 aromatic rings. The van der Waals surface area contributed by atoms with E-state index in [-0.39, 0.29) is 12.5 Å². The van der Waals surface area contributed by atoms with E-state index < -0.39 is 0 Å². The van der Waals surface area contributed by atoms with Crippen molar-refractivity contribution >= 4 is 17.7 Å². The van der Waals surface area contributed by atoms with Gasteiger partial charge in [-0.05, 0) is 18.6 Å². The summed E-state index contributed by atoms with van der Waals surface area (Å²) in [6.07, 6.45) is 3.62. The summed E-state index contributed by atoms with van der Waals surface area (Å²) in [5.41, 5.74) is 5.38. The fourth-order valence-corrected chi connectivity index (χ4v) is 2.92. The molecule has 1 rings (SSSR count). The third kappa shape index (κ3) is 3.50. The minimum Gasteiger partial charge on any atom is -0.340 e. The molecule has 82 valence electrons. The predicted molar refractivity (Wildman–Crippen MR) is 61.4 cm³/mol. The van der Waals surface area contributed by atoms with Gasteiger partial charge in [-0.2, -0.15) is 11.8 Å². The fraction of sp³-hybridized carbons (Fsp3) is 0.900. The second-order valence-electron chi connectivity index (χ2n) is 3.62. The Morgan fingerprint density at radius 3 is 3.00 bits per heavy atom. The summed E-state index contributed by atoms with van der Waals surface area (Å²) in [5.74, 6) is 1.24. The molecule has 1 unspecified atom stereocenters. The highest BCUT2D eigenvalue weighted by Crippen LogP contribution is 2.21. The summed E-state index contributed by atoms with van der Waals surface area (Å²) in [4.78, 5) is 13.4. The van der Waals surface area contributed by atoms with Gasteiger partial charge in [0.25, 0.3) is 0 Å². The quantitative estimate of drug-likeness (QED) is 0.768. The zero-order chi connectivity index (χ0) is 10.4. The average Bonchev–Trinajstić information content (AvgIpc) is 2.43. The lowest BCUT2D eigenvalue weighted by molar-refractivity contribution is -0.129. The van der Waals surface area contributed by atoms with E-state index >= 15 is 0 Å². The number of amides is 1. The Morgan fingerprint density at radius 2 is 2.36 bits per heavy atom. The molecule has 1 aliphatic rings. The second kappa shape index (κ2) is 6.30. The molecule has 0 saturated carbocycles. The van der Waals surface area contributed by atoms with Crippen LogP contribution in [0, 0.1) is 0 Å². The van der Waals surface area contributed by atoms with Crippen molar-refractivity contribution in [2.24, 2.45) is 5.73 Å². The summed E-state index contributed by atoms with van der Waals surface area (Å²) in [6.45, 7) is 4.12. The second-order valence-corrected chi connectivity index (χ2v) is 5.19. The van der Waals surface area contributed by atoms with Gasteiger partial charge in [-0.15, -0.1) is 0 Å². The maximum atomic E-state index is 11.5. The van der Waals surface area contributed by atoms with Crippen LogP contribution in [0.1, 0.15) is 26.2 Å². The van der Waals surface area contributed by atoms with Gasteiger partial charge in [0.15, 0.2) is 0 Å². The van der Waals surface area contributed by atoms with Gasteiger partial charge in [0, 0.05) is 18.3 Å². The molecule has 0 spiro atoms. The van der Waals surface area contributed by atoms with Crippen LogP contribution in [0.15, 0.2) is 0 Å². The standard InChI is InChI=1S/C10H20N2OS/c1-2-14-9-5-3-4-6-12(8-9)10(13)7-11/h9H,2-8,11H2,1H3. The predicted octanol–water partition coefficient (Wildman–Crippen LogP) is 1.08. The summed E-state index contributed by atoms with van der Waals surface area (Å²) in [5, 5.41) is 0.623. The van der Waals surface area contributed by atoms with E-state index in [0.29, 0.717) is 5.25 Å². The van der Waals surface area contributed by atoms with Gasteiger partial charge in [-0.25, -0.2) is 0 Å². The molecule has 3 nitrogen and oxygen atoms in total. The highest BCUT2D eigenvalue weighted by Gasteiger charge is 2.20. The lowest BCUT2D eigenvalue weighted by atomic mass is 10.2. The third-order valence-electron chi connectivity index (χ3n) is 2.56. The Morgan fingerprint density at radius 1 is 1.57 bits per heavy atom. The van der Waals surface area contributed by atoms with Crippen LogP contribution in [0.25, 0.3) is 0 Å². The minimum atomic E-state index is 0.105. The number of hydrogen-bond acceptors (Lipinski definition) is 3. The van der Waals surface area contributed by atoms with Gasteiger partial charge in [0.2, 0.25) is 5.91 Å². The largest absolute Gasteiger partial charge is 0.340 e. The van der Waals surface area contributed by atoms with Crippen molar-refractivity contribution in [1.82, 2.24) is 4.90 Å². The van der Waals surface area contributed by atoms with E-state index in [2.05, 4.69) is 6.92 Å². The molecule has 4 heteroatoms. The normalized spacial score (nSPS) is 23.3. The van der Waals surface area contributed by atoms with E-state index in [1.165, 1.54) is 12.8 Å². The first-order valence-electron chi connectivity index (χ1n) is 5.37. The molecule has 14 heavy (non-hydrogen) atoms. The monoisotopic (exact) mass is 216 g/mol. The molecule has 1 saturated heterocycles. The fourth-order valence-electron chi connectivity index (χ4n) is 1.83. The molecule has 0 aromatic heterocycles. The molecule has 1 amide bonds. The maximum Gasteiger partial charge on any atom is 0.236 e. The van der Waals surface area contributed by atoms with E-state index in [9.17, 15) is 4.79 Å². The number of nitrogens with two attached hydrogens (primary N) is 1. The molecule has 1 fully saturated rings. The highest BCUT2D eigenvalue weighted by atomic mass is 32.2. The summed E-state index contributed by atoms with van der Waals surface area (Å²) in [6, 6.07) is 0. The number of nitrogens with zero attached hydrogens (tertiary/aromatic N) is 1. The zero-order valence-electron chi connectivity index (χ0n) is 8.87. The van der Waals surface area contributed by atoms with Crippen molar-refractivity contribution in [2.45, 2.75) is 31.4 Å². The van der Waals surface area contributed by atoms with Crippen LogP contribution in [0.2, 0.25) is 0 Å². The van der Waals surface area contributed by atoms with Crippen LogP contribution in [0.4, 0.5) is 0 Å². The molecular formula is C10H20N2OS. The van der Waals surface area contributed by atoms with Crippen molar-refractivity contribution in [1.29, 1.82) is 0 Å². The van der Waals surface area contributed by atoms with Gasteiger partial charge in [0.1, 0.15) is 0 Å². The third-order valence-corrected chi connectivity index (χ3v) is 3.75. The lowest BCUT2D eigenvalue weighted by Gasteiger charge is -2.23. The lowest BCUT2D eigenvalue weighted by Crippen LogP contribution is -2.39. The van der Waals surface area contributed by atoms with Crippen molar-refractivity contribution in [2.75, 3.05) is 25.4 Å². The van der Waals surface area contributed by atoms with Crippen molar-refractivity contribution < 1.29 is 4.79 Å². The van der Waals surface area contributed by atoms with Gasteiger partial charge in [0.05, 0.1) is 6.54 Å². The molecule has 1 atom stereocenters. The molecule has 1 aliphatic heterocycles. The Bertz CT molecular complexity index is 187. The Labute approximate surface area is 90.4 Å². The van der Waals surface area contributed by atoms with E-state index in [1.54, 1.807) is 0 Å². The number of likely N-dealkylation sites (tertiary alicyclic amines) is 1. The zero-order valence-corrected chi connectivity index (χ0v) is 9.68. The van der Waals surface area contributed by atoms with Crippen LogP contribution in [0.5, 0.6) is 0 Å². The van der Waals surface area contributed by atoms with Crippen LogP contribution >= 0.6 is 11.8 Å². The van der Waals surface area contributed by atoms with Crippen LogP contribution < -0.4 is 5.73 Å². The van der Waals surface area contributed by atoms with Gasteiger partial charge in [-0.1, -0.05) is 13.3 Å². The van der Waals surface area contributed by atoms with E-state index in [4.69, 9.17) is 5.73 Å². The first-order valence-corrected chi connectivity index (χ1v) is 6.42. The van der Waals surface area contributed by atoms with Crippen LogP contribution in [-0.2, 0) is 4.79 Å². The Balaban J connectivity index is 2.46. The number of carbonyl (C=O) groups excluding carboxylic acids is 1. The van der Waals surface area contributed by atoms with E-state index in [0.717, 1.165) is 25.3 Å². The molecular weight excluding hydrogens is 196 g/mol. The van der Waals surface area contributed by atoms with Crippen molar-refractivity contribution in [3.05, 3.63) is 0 Å². The molecule has 0 radical (unpaired) electrons. The number of hydrogen-bond donors (Lipinski definition) is 1. The van der Waals surface area contributed by atoms with Gasteiger partial charge < -0.3 is 10.6 Å². The first-order chi connectivity index (χ1) is 6.77. The molecule has 0 aromatic carbocycles. The molecule has 2 N–H and O–H groups in total. The van der Waals surface area contributed by atoms with Crippen LogP contribution in [-0.4, -0.2) is 41.4 Å². The smallest absolute Gasteiger partial charge is 0.236 e. The topological polar surface area (TPSA) is 46.3 Å². The number of thioether (sulfide) groups is 1. The first kappa shape index (κ1) is 11.9. The Kier molecular flexibility index (Phi) is 5.33. The summed E-state index contributed by atoms with van der Waals surface area (Å²) < 4.78 is 0. The van der Waals surface area contributed by atoms with Gasteiger partial charge in [-0.3, -0.25) is 4.79 Å². The summed E-state index contributed by atoms with van der Waals surface area (Å²) in [7, 11) is 0. The SMILES string of the molecule is CCSC1CCCCN(C(=O)CN)C1. The average molecular weight is 216 g/mol. The highest BCUT2D eigenvalue weighted by molar-refractivity contribution is 7.99. The number of carbonyl (C=O) groups is 1. The maximum absolute atomic E-state index is 11.5. The van der Waals surface area contributed by atoms with E-state index in [1.807, 2.05) is 16.7 Å². The van der Waals surface area contributed by atoms with Crippen molar-refractivity contribution in [3.8, 4) is 0 Å². The Hall–Kier alpha value is -0.220. The van der Waals surface area contributed by atoms with Crippen molar-refractivity contribution in [3.63, 3.8) is 0 Å². The molecule has 0 aliphatic carbocycles. The molecule has 0 bridgehead atoms.